The highest BCUT2D eigenvalue weighted by molar-refractivity contribution is 6.46. The maximum atomic E-state index is 12.5. The molecule has 0 bridgehead atoms. The zero-order chi connectivity index (χ0) is 19.6. The van der Waals surface area contributed by atoms with Crippen molar-refractivity contribution in [1.29, 1.82) is 0 Å². The standard InChI is InChI=1S/C22H25N3O3/c1-27-18-8-6-17(7-9-18)20-21(26)24-22(23-20)10-12-25(13-11-22)15-16-4-3-5-19(14-16)28-2/h3-9,14H,10-13,15H2,1-2H3,(H,24,26). The van der Waals surface area contributed by atoms with Gasteiger partial charge in [0.2, 0.25) is 0 Å². The fraction of sp³-hybridized carbons (Fsp3) is 0.364. The molecule has 1 N–H and O–H groups in total. The molecule has 1 saturated heterocycles. The van der Waals surface area contributed by atoms with Crippen LogP contribution in [0, 0.1) is 0 Å². The number of methoxy groups -OCH3 is 2. The molecule has 0 radical (unpaired) electrons. The maximum absolute atomic E-state index is 12.5. The summed E-state index contributed by atoms with van der Waals surface area (Å²) in [6.07, 6.45) is 1.62. The topological polar surface area (TPSA) is 63.2 Å². The van der Waals surface area contributed by atoms with Crippen LogP contribution in [-0.4, -0.2) is 49.5 Å². The van der Waals surface area contributed by atoms with Gasteiger partial charge in [-0.25, -0.2) is 0 Å². The van der Waals surface area contributed by atoms with Crippen molar-refractivity contribution >= 4 is 11.6 Å². The number of aliphatic imine (C=N–C) groups is 1. The third kappa shape index (κ3) is 3.73. The van der Waals surface area contributed by atoms with Crippen LogP contribution >= 0.6 is 0 Å². The van der Waals surface area contributed by atoms with E-state index in [0.717, 1.165) is 49.5 Å². The van der Waals surface area contributed by atoms with E-state index in [2.05, 4.69) is 22.3 Å². The molecule has 1 spiro atoms. The number of piperidine rings is 1. The number of carbonyl (C=O) groups excluding carboxylic acids is 1. The van der Waals surface area contributed by atoms with Crippen LogP contribution in [-0.2, 0) is 11.3 Å². The van der Waals surface area contributed by atoms with E-state index in [9.17, 15) is 4.79 Å². The minimum atomic E-state index is -0.475. The molecular weight excluding hydrogens is 354 g/mol. The predicted octanol–water partition coefficient (Wildman–Crippen LogP) is 2.62. The lowest BCUT2D eigenvalue weighted by atomic mass is 9.97. The summed E-state index contributed by atoms with van der Waals surface area (Å²) >= 11 is 0. The molecule has 0 saturated carbocycles. The Bertz CT molecular complexity index is 884. The molecule has 6 nitrogen and oxygen atoms in total. The number of hydrogen-bond acceptors (Lipinski definition) is 5. The average Bonchev–Trinajstić information content (AvgIpc) is 3.06. The molecule has 0 aromatic heterocycles. The van der Waals surface area contributed by atoms with Crippen LogP contribution in [0.3, 0.4) is 0 Å². The highest BCUT2D eigenvalue weighted by Gasteiger charge is 2.42. The van der Waals surface area contributed by atoms with Gasteiger partial charge in [0.15, 0.2) is 0 Å². The molecule has 1 amide bonds. The zero-order valence-electron chi connectivity index (χ0n) is 16.3. The van der Waals surface area contributed by atoms with Gasteiger partial charge in [0.25, 0.3) is 5.91 Å². The third-order valence-corrected chi connectivity index (χ3v) is 5.47. The Kier molecular flexibility index (Phi) is 5.05. The first-order chi connectivity index (χ1) is 13.6. The van der Waals surface area contributed by atoms with E-state index in [1.54, 1.807) is 14.2 Å². The Morgan fingerprint density at radius 1 is 1.04 bits per heavy atom. The van der Waals surface area contributed by atoms with Gasteiger partial charge in [-0.05, 0) is 42.0 Å². The summed E-state index contributed by atoms with van der Waals surface area (Å²) < 4.78 is 10.5. The van der Waals surface area contributed by atoms with Crippen molar-refractivity contribution in [2.75, 3.05) is 27.3 Å². The summed E-state index contributed by atoms with van der Waals surface area (Å²) in [5.74, 6) is 1.55. The molecule has 2 aliphatic rings. The van der Waals surface area contributed by atoms with Gasteiger partial charge < -0.3 is 14.8 Å². The number of likely N-dealkylation sites (tertiary alicyclic amines) is 1. The second kappa shape index (κ2) is 7.64. The van der Waals surface area contributed by atoms with Gasteiger partial charge in [0, 0.05) is 38.0 Å². The molecule has 2 heterocycles. The second-order valence-electron chi connectivity index (χ2n) is 7.30. The molecule has 0 atom stereocenters. The number of nitrogens with one attached hydrogen (secondary N) is 1. The molecule has 4 rings (SSSR count). The van der Waals surface area contributed by atoms with Crippen molar-refractivity contribution in [3.8, 4) is 11.5 Å². The quantitative estimate of drug-likeness (QED) is 0.867. The van der Waals surface area contributed by atoms with Crippen molar-refractivity contribution in [2.24, 2.45) is 4.99 Å². The van der Waals surface area contributed by atoms with Gasteiger partial charge in [0.05, 0.1) is 14.2 Å². The SMILES string of the molecule is COc1ccc(C2=NC3(CCN(Cc4cccc(OC)c4)CC3)NC2=O)cc1. The summed E-state index contributed by atoms with van der Waals surface area (Å²) in [5, 5.41) is 3.13. The third-order valence-electron chi connectivity index (χ3n) is 5.47. The summed E-state index contributed by atoms with van der Waals surface area (Å²) in [6, 6.07) is 15.6. The number of ether oxygens (including phenoxy) is 2. The Morgan fingerprint density at radius 2 is 1.75 bits per heavy atom. The monoisotopic (exact) mass is 379 g/mol. The number of carbonyl (C=O) groups is 1. The predicted molar refractivity (Wildman–Crippen MR) is 108 cm³/mol. The second-order valence-corrected chi connectivity index (χ2v) is 7.30. The number of rotatable bonds is 5. The minimum Gasteiger partial charge on any atom is -0.497 e. The van der Waals surface area contributed by atoms with E-state index in [-0.39, 0.29) is 5.91 Å². The van der Waals surface area contributed by atoms with E-state index in [1.165, 1.54) is 5.56 Å². The van der Waals surface area contributed by atoms with E-state index >= 15 is 0 Å². The van der Waals surface area contributed by atoms with Crippen molar-refractivity contribution in [3.63, 3.8) is 0 Å². The van der Waals surface area contributed by atoms with Crippen molar-refractivity contribution < 1.29 is 14.3 Å². The molecule has 6 heteroatoms. The molecule has 2 aliphatic heterocycles. The van der Waals surface area contributed by atoms with E-state index < -0.39 is 5.66 Å². The van der Waals surface area contributed by atoms with Gasteiger partial charge in [-0.1, -0.05) is 12.1 Å². The largest absolute Gasteiger partial charge is 0.497 e. The lowest BCUT2D eigenvalue weighted by molar-refractivity contribution is -0.115. The van der Waals surface area contributed by atoms with Crippen molar-refractivity contribution in [1.82, 2.24) is 10.2 Å². The van der Waals surface area contributed by atoms with Crippen LogP contribution in [0.4, 0.5) is 0 Å². The molecule has 2 aromatic rings. The van der Waals surface area contributed by atoms with E-state index in [0.29, 0.717) is 5.71 Å². The number of amides is 1. The summed E-state index contributed by atoms with van der Waals surface area (Å²) in [5.41, 5.74) is 2.10. The highest BCUT2D eigenvalue weighted by atomic mass is 16.5. The molecule has 0 aliphatic carbocycles. The van der Waals surface area contributed by atoms with Crippen LogP contribution in [0.25, 0.3) is 0 Å². The summed E-state index contributed by atoms with van der Waals surface area (Å²) in [4.78, 5) is 19.8. The van der Waals surface area contributed by atoms with Gasteiger partial charge in [0.1, 0.15) is 22.9 Å². The molecule has 2 aromatic carbocycles. The minimum absolute atomic E-state index is 0.0913. The van der Waals surface area contributed by atoms with E-state index in [1.807, 2.05) is 36.4 Å². The first-order valence-electron chi connectivity index (χ1n) is 9.53. The lowest BCUT2D eigenvalue weighted by Gasteiger charge is -2.37. The van der Waals surface area contributed by atoms with Crippen LogP contribution in [0.1, 0.15) is 24.0 Å². The van der Waals surface area contributed by atoms with Crippen molar-refractivity contribution in [3.05, 3.63) is 59.7 Å². The molecule has 28 heavy (non-hydrogen) atoms. The maximum Gasteiger partial charge on any atom is 0.272 e. The normalized spacial score (nSPS) is 18.6. The Hall–Kier alpha value is -2.86. The Labute approximate surface area is 165 Å². The molecule has 0 unspecified atom stereocenters. The van der Waals surface area contributed by atoms with Gasteiger partial charge in [-0.2, -0.15) is 0 Å². The Morgan fingerprint density at radius 3 is 2.43 bits per heavy atom. The van der Waals surface area contributed by atoms with Gasteiger partial charge in [-0.15, -0.1) is 0 Å². The lowest BCUT2D eigenvalue weighted by Crippen LogP contribution is -2.50. The number of hydrogen-bond donors (Lipinski definition) is 1. The zero-order valence-corrected chi connectivity index (χ0v) is 16.3. The van der Waals surface area contributed by atoms with E-state index in [4.69, 9.17) is 14.5 Å². The van der Waals surface area contributed by atoms with Crippen molar-refractivity contribution in [2.45, 2.75) is 25.0 Å². The van der Waals surface area contributed by atoms with Crippen LogP contribution in [0.5, 0.6) is 11.5 Å². The molecule has 1 fully saturated rings. The average molecular weight is 379 g/mol. The highest BCUT2D eigenvalue weighted by Crippen LogP contribution is 2.30. The number of benzene rings is 2. The summed E-state index contributed by atoms with van der Waals surface area (Å²) in [6.45, 7) is 2.64. The van der Waals surface area contributed by atoms with Gasteiger partial charge >= 0.3 is 0 Å². The van der Waals surface area contributed by atoms with Crippen LogP contribution < -0.4 is 14.8 Å². The first-order valence-corrected chi connectivity index (χ1v) is 9.53. The van der Waals surface area contributed by atoms with Crippen LogP contribution in [0.15, 0.2) is 53.5 Å². The van der Waals surface area contributed by atoms with Gasteiger partial charge in [-0.3, -0.25) is 14.7 Å². The first kappa shape index (κ1) is 18.5. The van der Waals surface area contributed by atoms with Crippen LogP contribution in [0.2, 0.25) is 0 Å². The molecule has 146 valence electrons. The smallest absolute Gasteiger partial charge is 0.272 e. The fourth-order valence-electron chi connectivity index (χ4n) is 3.85. The summed E-state index contributed by atoms with van der Waals surface area (Å²) in [7, 11) is 3.31. The number of nitrogens with zero attached hydrogens (tertiary/aromatic N) is 2. The molecular formula is C22H25N3O3. The fourth-order valence-corrected chi connectivity index (χ4v) is 3.85. The Balaban J connectivity index is 1.43.